The van der Waals surface area contributed by atoms with E-state index in [9.17, 15) is 0 Å². The highest BCUT2D eigenvalue weighted by atomic mass is 16.5. The van der Waals surface area contributed by atoms with E-state index in [4.69, 9.17) is 4.74 Å². The lowest BCUT2D eigenvalue weighted by molar-refractivity contribution is 0.221. The quantitative estimate of drug-likeness (QED) is 0.492. The Morgan fingerprint density at radius 2 is 1.52 bits per heavy atom. The highest BCUT2D eigenvalue weighted by Gasteiger charge is 2.10. The average molecular weight is 360 g/mol. The maximum absolute atomic E-state index is 5.98. The van der Waals surface area contributed by atoms with Crippen LogP contribution >= 0.6 is 0 Å². The molecule has 4 rings (SSSR count). The first-order chi connectivity index (χ1) is 13.4. The molecule has 2 nitrogen and oxygen atoms in total. The minimum absolute atomic E-state index is 0.757. The van der Waals surface area contributed by atoms with Gasteiger partial charge in [0.25, 0.3) is 0 Å². The summed E-state index contributed by atoms with van der Waals surface area (Å²) in [6, 6.07) is 23.9. The molecule has 0 aromatic heterocycles. The summed E-state index contributed by atoms with van der Waals surface area (Å²) in [5.41, 5.74) is 2.79. The zero-order valence-electron chi connectivity index (χ0n) is 16.1. The number of rotatable bonds is 7. The molecule has 0 aliphatic carbocycles. The van der Waals surface area contributed by atoms with Gasteiger partial charge < -0.3 is 4.74 Å². The van der Waals surface area contributed by atoms with Crippen LogP contribution in [0, 0.1) is 0 Å². The number of fused-ring (bicyclic) bond motifs is 1. The lowest BCUT2D eigenvalue weighted by Gasteiger charge is -2.26. The maximum atomic E-state index is 5.98. The third-order valence-corrected chi connectivity index (χ3v) is 5.45. The number of likely N-dealkylation sites (tertiary alicyclic amines) is 1. The van der Waals surface area contributed by atoms with Crippen molar-refractivity contribution in [2.24, 2.45) is 0 Å². The van der Waals surface area contributed by atoms with E-state index in [-0.39, 0.29) is 0 Å². The summed E-state index contributed by atoms with van der Waals surface area (Å²) < 4.78 is 5.98. The van der Waals surface area contributed by atoms with Crippen molar-refractivity contribution < 1.29 is 4.74 Å². The zero-order chi connectivity index (χ0) is 18.3. The van der Waals surface area contributed by atoms with Crippen LogP contribution < -0.4 is 4.74 Å². The van der Waals surface area contributed by atoms with Crippen molar-refractivity contribution in [2.75, 3.05) is 19.7 Å². The molecule has 0 spiro atoms. The zero-order valence-corrected chi connectivity index (χ0v) is 16.1. The summed E-state index contributed by atoms with van der Waals surface area (Å²) in [4.78, 5) is 2.58. The van der Waals surface area contributed by atoms with Crippen molar-refractivity contribution >= 4 is 10.8 Å². The molecule has 140 valence electrons. The molecule has 0 atom stereocenters. The fraction of sp³-hybridized carbons (Fsp3) is 0.360. The first-order valence-electron chi connectivity index (χ1n) is 10.3. The molecule has 1 fully saturated rings. The van der Waals surface area contributed by atoms with Gasteiger partial charge in [0.2, 0.25) is 0 Å². The van der Waals surface area contributed by atoms with Crippen molar-refractivity contribution in [1.29, 1.82) is 0 Å². The average Bonchev–Trinajstić information content (AvgIpc) is 2.73. The molecule has 27 heavy (non-hydrogen) atoms. The highest BCUT2D eigenvalue weighted by Crippen LogP contribution is 2.23. The first-order valence-corrected chi connectivity index (χ1v) is 10.3. The molecule has 0 amide bonds. The summed E-state index contributed by atoms with van der Waals surface area (Å²) in [7, 11) is 0. The van der Waals surface area contributed by atoms with Gasteiger partial charge in [-0.25, -0.2) is 0 Å². The van der Waals surface area contributed by atoms with Crippen molar-refractivity contribution in [3.63, 3.8) is 0 Å². The Morgan fingerprint density at radius 3 is 2.37 bits per heavy atom. The fourth-order valence-electron chi connectivity index (χ4n) is 3.95. The predicted octanol–water partition coefficient (Wildman–Crippen LogP) is 5.84. The van der Waals surface area contributed by atoms with Gasteiger partial charge in [0.15, 0.2) is 0 Å². The minimum atomic E-state index is 0.757. The van der Waals surface area contributed by atoms with E-state index in [0.29, 0.717) is 0 Å². The van der Waals surface area contributed by atoms with E-state index in [1.165, 1.54) is 54.3 Å². The van der Waals surface area contributed by atoms with E-state index < -0.39 is 0 Å². The Balaban J connectivity index is 1.32. The van der Waals surface area contributed by atoms with E-state index >= 15 is 0 Å². The van der Waals surface area contributed by atoms with Crippen LogP contribution in [-0.2, 0) is 13.0 Å². The number of hydrogen-bond acceptors (Lipinski definition) is 2. The van der Waals surface area contributed by atoms with Crippen LogP contribution in [0.25, 0.3) is 10.8 Å². The normalized spacial score (nSPS) is 15.1. The van der Waals surface area contributed by atoms with Gasteiger partial charge in [-0.05, 0) is 78.9 Å². The Morgan fingerprint density at radius 1 is 0.741 bits per heavy atom. The summed E-state index contributed by atoms with van der Waals surface area (Å²) in [6.45, 7) is 4.32. The maximum Gasteiger partial charge on any atom is 0.119 e. The molecule has 0 bridgehead atoms. The molecule has 2 heteroatoms. The van der Waals surface area contributed by atoms with Crippen LogP contribution in [0.15, 0.2) is 66.7 Å². The van der Waals surface area contributed by atoms with E-state index in [1.54, 1.807) is 0 Å². The van der Waals surface area contributed by atoms with Crippen LogP contribution in [0.2, 0.25) is 0 Å². The van der Waals surface area contributed by atoms with Gasteiger partial charge >= 0.3 is 0 Å². The number of benzene rings is 3. The van der Waals surface area contributed by atoms with Crippen molar-refractivity contribution in [1.82, 2.24) is 4.90 Å². The van der Waals surface area contributed by atoms with Crippen molar-refractivity contribution in [2.45, 2.75) is 38.6 Å². The van der Waals surface area contributed by atoms with Gasteiger partial charge in [0.05, 0.1) is 6.61 Å². The molecule has 3 aromatic rings. The van der Waals surface area contributed by atoms with E-state index in [1.807, 2.05) is 0 Å². The van der Waals surface area contributed by atoms with Crippen LogP contribution in [0.5, 0.6) is 5.75 Å². The topological polar surface area (TPSA) is 12.5 Å². The standard InChI is InChI=1S/C25H29NO/c1-3-8-21(9-4-1)10-7-17-27-25-14-13-23-18-22(11-12-24(23)19-25)20-26-15-5-2-6-16-26/h1,3-4,8-9,11-14,18-19H,2,5-7,10,15-17,20H2. The molecule has 1 aliphatic rings. The monoisotopic (exact) mass is 359 g/mol. The minimum Gasteiger partial charge on any atom is -0.494 e. The second-order valence-electron chi connectivity index (χ2n) is 7.62. The fourth-order valence-corrected chi connectivity index (χ4v) is 3.95. The molecule has 0 N–H and O–H groups in total. The highest BCUT2D eigenvalue weighted by molar-refractivity contribution is 5.84. The molecule has 1 saturated heterocycles. The Bertz CT molecular complexity index is 853. The Labute approximate surface area is 162 Å². The van der Waals surface area contributed by atoms with Gasteiger partial charge in [-0.1, -0.05) is 55.0 Å². The molecule has 3 aromatic carbocycles. The Hall–Kier alpha value is -2.32. The molecule has 0 saturated carbocycles. The number of ether oxygens (including phenoxy) is 1. The molecule has 0 unspecified atom stereocenters. The SMILES string of the molecule is c1ccc(CCCOc2ccc3cc(CN4CCCCC4)ccc3c2)cc1. The second-order valence-corrected chi connectivity index (χ2v) is 7.62. The van der Waals surface area contributed by atoms with Gasteiger partial charge in [-0.15, -0.1) is 0 Å². The number of hydrogen-bond donors (Lipinski definition) is 0. The number of piperidine rings is 1. The van der Waals surface area contributed by atoms with Gasteiger partial charge in [-0.3, -0.25) is 4.90 Å². The van der Waals surface area contributed by atoms with Gasteiger partial charge in [0, 0.05) is 6.54 Å². The lowest BCUT2D eigenvalue weighted by atomic mass is 10.0. The van der Waals surface area contributed by atoms with Crippen LogP contribution in [0.4, 0.5) is 0 Å². The first kappa shape index (κ1) is 18.1. The van der Waals surface area contributed by atoms with Crippen molar-refractivity contribution in [3.8, 4) is 5.75 Å². The summed E-state index contributed by atoms with van der Waals surface area (Å²) in [6.07, 6.45) is 6.19. The third kappa shape index (κ3) is 5.11. The van der Waals surface area contributed by atoms with Gasteiger partial charge in [0.1, 0.15) is 5.75 Å². The molecule has 0 radical (unpaired) electrons. The van der Waals surface area contributed by atoms with Gasteiger partial charge in [-0.2, -0.15) is 0 Å². The number of aryl methyl sites for hydroxylation is 1. The molecule has 1 heterocycles. The molecular weight excluding hydrogens is 330 g/mol. The largest absolute Gasteiger partial charge is 0.494 e. The van der Waals surface area contributed by atoms with E-state index in [0.717, 1.165) is 31.7 Å². The predicted molar refractivity (Wildman–Crippen MR) is 113 cm³/mol. The number of nitrogens with zero attached hydrogens (tertiary/aromatic N) is 1. The van der Waals surface area contributed by atoms with E-state index in [2.05, 4.69) is 71.6 Å². The van der Waals surface area contributed by atoms with Crippen LogP contribution in [-0.4, -0.2) is 24.6 Å². The molecular formula is C25H29NO. The van der Waals surface area contributed by atoms with Crippen molar-refractivity contribution in [3.05, 3.63) is 77.9 Å². The smallest absolute Gasteiger partial charge is 0.119 e. The second kappa shape index (κ2) is 9.05. The van der Waals surface area contributed by atoms with Crippen LogP contribution in [0.3, 0.4) is 0 Å². The Kier molecular flexibility index (Phi) is 6.06. The summed E-state index contributed by atoms with van der Waals surface area (Å²) >= 11 is 0. The third-order valence-electron chi connectivity index (χ3n) is 5.45. The summed E-state index contributed by atoms with van der Waals surface area (Å²) in [5, 5.41) is 2.57. The van der Waals surface area contributed by atoms with Crippen LogP contribution in [0.1, 0.15) is 36.8 Å². The summed E-state index contributed by atoms with van der Waals surface area (Å²) in [5.74, 6) is 0.972. The molecule has 1 aliphatic heterocycles. The lowest BCUT2D eigenvalue weighted by Crippen LogP contribution is -2.29.